The molecule has 1 heterocycles. The van der Waals surface area contributed by atoms with Crippen molar-refractivity contribution >= 4 is 12.2 Å². The van der Waals surface area contributed by atoms with E-state index in [1.54, 1.807) is 37.4 Å². The molecular weight excluding hydrogens is 298 g/mol. The summed E-state index contributed by atoms with van der Waals surface area (Å²) in [4.78, 5) is 16.6. The molecule has 0 unspecified atom stereocenters. The third-order valence-electron chi connectivity index (χ3n) is 3.26. The predicted molar refractivity (Wildman–Crippen MR) is 82.9 cm³/mol. The Morgan fingerprint density at radius 1 is 1.17 bits per heavy atom. The maximum atomic E-state index is 11.7. The fraction of sp³-hybridized carbons (Fsp3) is 0.176. The van der Waals surface area contributed by atoms with Gasteiger partial charge in [0.15, 0.2) is 11.5 Å². The van der Waals surface area contributed by atoms with Crippen molar-refractivity contribution in [3.05, 3.63) is 53.6 Å². The Kier molecular flexibility index (Phi) is 4.42. The molecule has 0 N–H and O–H groups in total. The first-order valence-electron chi connectivity index (χ1n) is 7.00. The summed E-state index contributed by atoms with van der Waals surface area (Å²) in [7, 11) is 1.59. The lowest BCUT2D eigenvalue weighted by atomic mass is 10.1. The average Bonchev–Trinajstić information content (AvgIpc) is 3.03. The van der Waals surface area contributed by atoms with Gasteiger partial charge in [0.2, 0.25) is 6.79 Å². The minimum absolute atomic E-state index is 0.141. The van der Waals surface area contributed by atoms with E-state index in [2.05, 4.69) is 5.16 Å². The van der Waals surface area contributed by atoms with Crippen molar-refractivity contribution in [2.45, 2.75) is 6.42 Å². The SMILES string of the molecule is COc1ccc(CC(=O)O/N=C\c2ccc3c(c2)OCO3)cc1. The molecule has 23 heavy (non-hydrogen) atoms. The van der Waals surface area contributed by atoms with Crippen molar-refractivity contribution in [3.8, 4) is 17.2 Å². The Labute approximate surface area is 133 Å². The van der Waals surface area contributed by atoms with Crippen LogP contribution in [0.15, 0.2) is 47.6 Å². The molecule has 6 heteroatoms. The molecule has 1 aliphatic heterocycles. The number of oxime groups is 1. The van der Waals surface area contributed by atoms with Gasteiger partial charge in [-0.3, -0.25) is 0 Å². The zero-order valence-corrected chi connectivity index (χ0v) is 12.5. The zero-order chi connectivity index (χ0) is 16.1. The summed E-state index contributed by atoms with van der Waals surface area (Å²) in [5, 5.41) is 3.70. The minimum Gasteiger partial charge on any atom is -0.497 e. The number of carbonyl (C=O) groups excluding carboxylic acids is 1. The molecule has 6 nitrogen and oxygen atoms in total. The van der Waals surface area contributed by atoms with E-state index >= 15 is 0 Å². The number of ether oxygens (including phenoxy) is 3. The van der Waals surface area contributed by atoms with Gasteiger partial charge in [-0.05, 0) is 35.9 Å². The van der Waals surface area contributed by atoms with E-state index in [4.69, 9.17) is 19.0 Å². The van der Waals surface area contributed by atoms with Crippen LogP contribution in [0.4, 0.5) is 0 Å². The number of benzene rings is 2. The largest absolute Gasteiger partial charge is 0.497 e. The fourth-order valence-electron chi connectivity index (χ4n) is 2.08. The maximum Gasteiger partial charge on any atom is 0.339 e. The van der Waals surface area contributed by atoms with Gasteiger partial charge in [0.25, 0.3) is 0 Å². The molecule has 0 saturated carbocycles. The number of nitrogens with zero attached hydrogens (tertiary/aromatic N) is 1. The third kappa shape index (κ3) is 3.79. The van der Waals surface area contributed by atoms with Crippen molar-refractivity contribution in [1.29, 1.82) is 0 Å². The lowest BCUT2D eigenvalue weighted by Gasteiger charge is -2.02. The first kappa shape index (κ1) is 14.9. The van der Waals surface area contributed by atoms with Crippen molar-refractivity contribution < 1.29 is 23.8 Å². The quantitative estimate of drug-likeness (QED) is 0.482. The number of methoxy groups -OCH3 is 1. The summed E-state index contributed by atoms with van der Waals surface area (Å²) < 4.78 is 15.5. The summed E-state index contributed by atoms with van der Waals surface area (Å²) in [5.74, 6) is 1.65. The first-order chi connectivity index (χ1) is 11.2. The molecule has 0 amide bonds. The molecule has 1 aliphatic rings. The molecule has 0 bridgehead atoms. The summed E-state index contributed by atoms with van der Waals surface area (Å²) >= 11 is 0. The average molecular weight is 313 g/mol. The van der Waals surface area contributed by atoms with E-state index in [1.165, 1.54) is 6.21 Å². The molecule has 0 radical (unpaired) electrons. The zero-order valence-electron chi connectivity index (χ0n) is 12.5. The number of hydrogen-bond acceptors (Lipinski definition) is 6. The van der Waals surface area contributed by atoms with Gasteiger partial charge in [-0.1, -0.05) is 17.3 Å². The molecule has 0 saturated heterocycles. The molecule has 2 aromatic carbocycles. The number of fused-ring (bicyclic) bond motifs is 1. The molecular formula is C17H15NO5. The van der Waals surface area contributed by atoms with Gasteiger partial charge in [0.1, 0.15) is 5.75 Å². The standard InChI is InChI=1S/C17H15NO5/c1-20-14-5-2-12(3-6-14)9-17(19)23-18-10-13-4-7-15-16(8-13)22-11-21-15/h2-8,10H,9,11H2,1H3/b18-10-. The van der Waals surface area contributed by atoms with E-state index < -0.39 is 5.97 Å². The van der Waals surface area contributed by atoms with Crippen molar-refractivity contribution in [3.63, 3.8) is 0 Å². The van der Waals surface area contributed by atoms with Gasteiger partial charge >= 0.3 is 5.97 Å². The second kappa shape index (κ2) is 6.83. The van der Waals surface area contributed by atoms with Crippen LogP contribution >= 0.6 is 0 Å². The van der Waals surface area contributed by atoms with Crippen molar-refractivity contribution in [1.82, 2.24) is 0 Å². The number of carbonyl (C=O) groups is 1. The van der Waals surface area contributed by atoms with E-state index in [-0.39, 0.29) is 13.2 Å². The summed E-state index contributed by atoms with van der Waals surface area (Å²) in [6.45, 7) is 0.215. The molecule has 0 atom stereocenters. The Morgan fingerprint density at radius 3 is 2.74 bits per heavy atom. The van der Waals surface area contributed by atoms with Crippen LogP contribution in [0.3, 0.4) is 0 Å². The van der Waals surface area contributed by atoms with Crippen LogP contribution < -0.4 is 14.2 Å². The molecule has 0 aliphatic carbocycles. The molecule has 0 aromatic heterocycles. The van der Waals surface area contributed by atoms with E-state index in [0.717, 1.165) is 16.9 Å². The van der Waals surface area contributed by atoms with Crippen LogP contribution in [0, 0.1) is 0 Å². The normalized spacial score (nSPS) is 12.4. The molecule has 3 rings (SSSR count). The van der Waals surface area contributed by atoms with Gasteiger partial charge in [-0.2, -0.15) is 0 Å². The summed E-state index contributed by atoms with van der Waals surface area (Å²) in [6, 6.07) is 12.5. The Bertz CT molecular complexity index is 724. The topological polar surface area (TPSA) is 66.4 Å². The minimum atomic E-state index is -0.438. The second-order valence-electron chi connectivity index (χ2n) is 4.84. The van der Waals surface area contributed by atoms with Gasteiger partial charge < -0.3 is 19.0 Å². The smallest absolute Gasteiger partial charge is 0.339 e. The molecule has 118 valence electrons. The Hall–Kier alpha value is -3.02. The number of hydrogen-bond donors (Lipinski definition) is 0. The van der Waals surface area contributed by atoms with E-state index in [1.807, 2.05) is 12.1 Å². The van der Waals surface area contributed by atoms with Gasteiger partial charge in [-0.15, -0.1) is 0 Å². The highest BCUT2D eigenvalue weighted by atomic mass is 16.7. The first-order valence-corrected chi connectivity index (χ1v) is 7.00. The van der Waals surface area contributed by atoms with Gasteiger partial charge in [-0.25, -0.2) is 4.79 Å². The highest BCUT2D eigenvalue weighted by Crippen LogP contribution is 2.31. The predicted octanol–water partition coefficient (Wildman–Crippen LogP) is 2.54. The summed E-state index contributed by atoms with van der Waals surface area (Å²) in [6.07, 6.45) is 1.59. The lowest BCUT2D eigenvalue weighted by Crippen LogP contribution is -2.04. The van der Waals surface area contributed by atoms with Crippen LogP contribution in [0.5, 0.6) is 17.2 Å². The fourth-order valence-corrected chi connectivity index (χ4v) is 2.08. The van der Waals surface area contributed by atoms with Crippen molar-refractivity contribution in [2.75, 3.05) is 13.9 Å². The van der Waals surface area contributed by atoms with Crippen LogP contribution in [-0.2, 0) is 16.1 Å². The third-order valence-corrected chi connectivity index (χ3v) is 3.26. The second-order valence-corrected chi connectivity index (χ2v) is 4.84. The maximum absolute atomic E-state index is 11.7. The highest BCUT2D eigenvalue weighted by Gasteiger charge is 2.12. The molecule has 2 aromatic rings. The summed E-state index contributed by atoms with van der Waals surface area (Å²) in [5.41, 5.74) is 1.58. The van der Waals surface area contributed by atoms with Crippen LogP contribution in [-0.4, -0.2) is 26.1 Å². The number of rotatable bonds is 5. The Morgan fingerprint density at radius 2 is 1.96 bits per heavy atom. The molecule has 0 fully saturated rings. The van der Waals surface area contributed by atoms with Crippen LogP contribution in [0.2, 0.25) is 0 Å². The van der Waals surface area contributed by atoms with Crippen LogP contribution in [0.1, 0.15) is 11.1 Å². The lowest BCUT2D eigenvalue weighted by molar-refractivity contribution is -0.142. The van der Waals surface area contributed by atoms with E-state index in [0.29, 0.717) is 11.5 Å². The molecule has 0 spiro atoms. The van der Waals surface area contributed by atoms with Gasteiger partial charge in [0.05, 0.1) is 19.7 Å². The van der Waals surface area contributed by atoms with Crippen LogP contribution in [0.25, 0.3) is 0 Å². The Balaban J connectivity index is 1.53. The monoisotopic (exact) mass is 313 g/mol. The van der Waals surface area contributed by atoms with Gasteiger partial charge in [0, 0.05) is 5.56 Å². The van der Waals surface area contributed by atoms with Crippen molar-refractivity contribution in [2.24, 2.45) is 5.16 Å². The highest BCUT2D eigenvalue weighted by molar-refractivity contribution is 5.81. The van der Waals surface area contributed by atoms with E-state index in [9.17, 15) is 4.79 Å².